The third-order valence-electron chi connectivity index (χ3n) is 3.09. The minimum Gasteiger partial charge on any atom is -0.312 e. The molecule has 0 aliphatic rings. The standard InChI is InChI=1S/C15H17Cl2NS/c1-3-4-13(18-2)15-8-7-14(19-15)11-6-5-10(16)9-12(11)17/h5-9,13,18H,3-4H2,1-2H3. The van der Waals surface area contributed by atoms with Gasteiger partial charge in [0.15, 0.2) is 0 Å². The van der Waals surface area contributed by atoms with Crippen LogP contribution in [0, 0.1) is 0 Å². The Balaban J connectivity index is 2.29. The van der Waals surface area contributed by atoms with Gasteiger partial charge in [-0.25, -0.2) is 0 Å². The summed E-state index contributed by atoms with van der Waals surface area (Å²) >= 11 is 14.0. The van der Waals surface area contributed by atoms with Gasteiger partial charge in [0.2, 0.25) is 0 Å². The van der Waals surface area contributed by atoms with E-state index in [1.165, 1.54) is 16.2 Å². The molecule has 0 radical (unpaired) electrons. The maximum atomic E-state index is 6.25. The summed E-state index contributed by atoms with van der Waals surface area (Å²) in [5, 5.41) is 4.74. The van der Waals surface area contributed by atoms with Gasteiger partial charge in [0.1, 0.15) is 0 Å². The summed E-state index contributed by atoms with van der Waals surface area (Å²) in [6, 6.07) is 10.4. The molecule has 0 bridgehead atoms. The van der Waals surface area contributed by atoms with Crippen molar-refractivity contribution in [1.29, 1.82) is 0 Å². The minimum absolute atomic E-state index is 0.426. The average molecular weight is 314 g/mol. The van der Waals surface area contributed by atoms with Crippen LogP contribution in [0.1, 0.15) is 30.7 Å². The molecule has 1 aromatic heterocycles. The second kappa shape index (κ2) is 6.76. The Hall–Kier alpha value is -0.540. The highest BCUT2D eigenvalue weighted by Gasteiger charge is 2.13. The van der Waals surface area contributed by atoms with Crippen molar-refractivity contribution < 1.29 is 0 Å². The van der Waals surface area contributed by atoms with E-state index in [2.05, 4.69) is 24.4 Å². The van der Waals surface area contributed by atoms with Gasteiger partial charge in [-0.2, -0.15) is 0 Å². The molecule has 1 nitrogen and oxygen atoms in total. The van der Waals surface area contributed by atoms with Crippen molar-refractivity contribution in [3.63, 3.8) is 0 Å². The highest BCUT2D eigenvalue weighted by molar-refractivity contribution is 7.15. The molecule has 1 N–H and O–H groups in total. The maximum absolute atomic E-state index is 6.25. The summed E-state index contributed by atoms with van der Waals surface area (Å²) in [5.41, 5.74) is 1.05. The van der Waals surface area contributed by atoms with Crippen LogP contribution in [-0.4, -0.2) is 7.05 Å². The number of nitrogens with one attached hydrogen (secondary N) is 1. The molecule has 4 heteroatoms. The van der Waals surface area contributed by atoms with Gasteiger partial charge in [0, 0.05) is 26.4 Å². The van der Waals surface area contributed by atoms with Gasteiger partial charge in [-0.1, -0.05) is 42.6 Å². The van der Waals surface area contributed by atoms with E-state index >= 15 is 0 Å². The van der Waals surface area contributed by atoms with Crippen LogP contribution in [0.25, 0.3) is 10.4 Å². The zero-order valence-corrected chi connectivity index (χ0v) is 13.4. The predicted molar refractivity (Wildman–Crippen MR) is 86.5 cm³/mol. The number of hydrogen-bond acceptors (Lipinski definition) is 2. The van der Waals surface area contributed by atoms with E-state index < -0.39 is 0 Å². The van der Waals surface area contributed by atoms with Crippen molar-refractivity contribution in [3.05, 3.63) is 45.3 Å². The van der Waals surface area contributed by atoms with Crippen molar-refractivity contribution >= 4 is 34.5 Å². The summed E-state index contributed by atoms with van der Waals surface area (Å²) < 4.78 is 0. The Kier molecular flexibility index (Phi) is 5.28. The van der Waals surface area contributed by atoms with Crippen LogP contribution in [0.2, 0.25) is 10.0 Å². The van der Waals surface area contributed by atoms with E-state index in [4.69, 9.17) is 23.2 Å². The Morgan fingerprint density at radius 1 is 1.21 bits per heavy atom. The van der Waals surface area contributed by atoms with E-state index in [0.29, 0.717) is 16.1 Å². The SMILES string of the molecule is CCCC(NC)c1ccc(-c2ccc(Cl)cc2Cl)s1. The first-order chi connectivity index (χ1) is 9.15. The average Bonchev–Trinajstić information content (AvgIpc) is 2.85. The van der Waals surface area contributed by atoms with Gasteiger partial charge in [-0.05, 0) is 37.7 Å². The molecular weight excluding hydrogens is 297 g/mol. The lowest BCUT2D eigenvalue weighted by atomic mass is 10.1. The highest BCUT2D eigenvalue weighted by atomic mass is 35.5. The summed E-state index contributed by atoms with van der Waals surface area (Å²) in [5.74, 6) is 0. The Bertz CT molecular complexity index is 551. The van der Waals surface area contributed by atoms with Gasteiger partial charge in [-0.15, -0.1) is 11.3 Å². The second-order valence-corrected chi connectivity index (χ2v) is 6.42. The summed E-state index contributed by atoms with van der Waals surface area (Å²) in [4.78, 5) is 2.54. The lowest BCUT2D eigenvalue weighted by molar-refractivity contribution is 0.550. The van der Waals surface area contributed by atoms with Crippen LogP contribution >= 0.6 is 34.5 Å². The monoisotopic (exact) mass is 313 g/mol. The molecule has 1 atom stereocenters. The number of halogens is 2. The molecule has 0 fully saturated rings. The maximum Gasteiger partial charge on any atom is 0.0507 e. The molecule has 102 valence electrons. The first kappa shape index (κ1) is 14.9. The third kappa shape index (κ3) is 3.51. The summed E-state index contributed by atoms with van der Waals surface area (Å²) in [6.45, 7) is 2.20. The number of benzene rings is 1. The molecule has 1 aromatic carbocycles. The van der Waals surface area contributed by atoms with Gasteiger partial charge in [0.05, 0.1) is 5.02 Å². The van der Waals surface area contributed by atoms with E-state index in [0.717, 1.165) is 12.0 Å². The van der Waals surface area contributed by atoms with E-state index in [9.17, 15) is 0 Å². The molecular formula is C15H17Cl2NS. The Labute approximate surface area is 128 Å². The van der Waals surface area contributed by atoms with Crippen molar-refractivity contribution in [2.75, 3.05) is 7.05 Å². The zero-order valence-electron chi connectivity index (χ0n) is 11.0. The predicted octanol–water partition coefficient (Wildman–Crippen LogP) is 5.78. The first-order valence-corrected chi connectivity index (χ1v) is 7.95. The minimum atomic E-state index is 0.426. The quantitative estimate of drug-likeness (QED) is 0.737. The fraction of sp³-hybridized carbons (Fsp3) is 0.333. The molecule has 0 saturated carbocycles. The van der Waals surface area contributed by atoms with Crippen LogP contribution in [0.3, 0.4) is 0 Å². The molecule has 2 rings (SSSR count). The molecule has 0 saturated heterocycles. The van der Waals surface area contributed by atoms with Crippen molar-refractivity contribution in [2.45, 2.75) is 25.8 Å². The van der Waals surface area contributed by atoms with E-state index in [1.54, 1.807) is 17.4 Å². The van der Waals surface area contributed by atoms with Crippen LogP contribution in [0.5, 0.6) is 0 Å². The molecule has 0 aliphatic heterocycles. The van der Waals surface area contributed by atoms with Crippen molar-refractivity contribution in [3.8, 4) is 10.4 Å². The fourth-order valence-electron chi connectivity index (χ4n) is 2.09. The molecule has 2 aromatic rings. The summed E-state index contributed by atoms with van der Waals surface area (Å²) in [6.07, 6.45) is 2.31. The molecule has 1 unspecified atom stereocenters. The Morgan fingerprint density at radius 2 is 2.00 bits per heavy atom. The number of rotatable bonds is 5. The lowest BCUT2D eigenvalue weighted by Gasteiger charge is -2.12. The highest BCUT2D eigenvalue weighted by Crippen LogP contribution is 2.37. The largest absolute Gasteiger partial charge is 0.312 e. The van der Waals surface area contributed by atoms with Crippen LogP contribution < -0.4 is 5.32 Å². The first-order valence-electron chi connectivity index (χ1n) is 6.38. The van der Waals surface area contributed by atoms with E-state index in [-0.39, 0.29) is 0 Å². The van der Waals surface area contributed by atoms with Crippen LogP contribution in [0.15, 0.2) is 30.3 Å². The molecule has 0 spiro atoms. The Morgan fingerprint density at radius 3 is 2.63 bits per heavy atom. The van der Waals surface area contributed by atoms with Gasteiger partial charge >= 0.3 is 0 Å². The molecule has 19 heavy (non-hydrogen) atoms. The smallest absolute Gasteiger partial charge is 0.0507 e. The van der Waals surface area contributed by atoms with Gasteiger partial charge < -0.3 is 5.32 Å². The molecule has 0 amide bonds. The van der Waals surface area contributed by atoms with Crippen molar-refractivity contribution in [1.82, 2.24) is 5.32 Å². The molecule has 1 heterocycles. The zero-order chi connectivity index (χ0) is 13.8. The van der Waals surface area contributed by atoms with E-state index in [1.807, 2.05) is 19.2 Å². The molecule has 0 aliphatic carbocycles. The summed E-state index contributed by atoms with van der Waals surface area (Å²) in [7, 11) is 2.01. The number of hydrogen-bond donors (Lipinski definition) is 1. The van der Waals surface area contributed by atoms with Gasteiger partial charge in [0.25, 0.3) is 0 Å². The number of thiophene rings is 1. The van der Waals surface area contributed by atoms with Crippen LogP contribution in [-0.2, 0) is 0 Å². The van der Waals surface area contributed by atoms with Crippen molar-refractivity contribution in [2.24, 2.45) is 0 Å². The third-order valence-corrected chi connectivity index (χ3v) is 4.87. The second-order valence-electron chi connectivity index (χ2n) is 4.46. The fourth-order valence-corrected chi connectivity index (χ4v) is 3.85. The topological polar surface area (TPSA) is 12.0 Å². The normalized spacial score (nSPS) is 12.6. The van der Waals surface area contributed by atoms with Gasteiger partial charge in [-0.3, -0.25) is 0 Å². The lowest BCUT2D eigenvalue weighted by Crippen LogP contribution is -2.14. The van der Waals surface area contributed by atoms with Crippen LogP contribution in [0.4, 0.5) is 0 Å².